The van der Waals surface area contributed by atoms with Gasteiger partial charge in [-0.2, -0.15) is 0 Å². The predicted octanol–water partition coefficient (Wildman–Crippen LogP) is 6.17. The molecule has 6 heteroatoms. The van der Waals surface area contributed by atoms with Crippen molar-refractivity contribution in [3.05, 3.63) is 119 Å². The summed E-state index contributed by atoms with van der Waals surface area (Å²) in [6, 6.07) is 23.6. The van der Waals surface area contributed by atoms with Gasteiger partial charge in [0, 0.05) is 29.8 Å². The Bertz CT molecular complexity index is 1330. The first-order valence-electron chi connectivity index (χ1n) is 11.4. The van der Waals surface area contributed by atoms with E-state index in [9.17, 15) is 4.39 Å². The van der Waals surface area contributed by atoms with Gasteiger partial charge < -0.3 is 14.8 Å². The third-order valence-corrected chi connectivity index (χ3v) is 6.95. The number of nitrogens with zero attached hydrogens (tertiary/aromatic N) is 3. The van der Waals surface area contributed by atoms with Crippen molar-refractivity contribution in [2.45, 2.75) is 39.4 Å². The fourth-order valence-electron chi connectivity index (χ4n) is 4.86. The van der Waals surface area contributed by atoms with E-state index in [-0.39, 0.29) is 17.9 Å². The zero-order valence-electron chi connectivity index (χ0n) is 19.5. The van der Waals surface area contributed by atoms with Crippen LogP contribution in [0.5, 0.6) is 0 Å². The minimum Gasteiger partial charge on any atom is -0.351 e. The molecular formula is C28H27FN4S. The van der Waals surface area contributed by atoms with Crippen LogP contribution in [0.4, 0.5) is 10.1 Å². The molecule has 0 unspecified atom stereocenters. The molecule has 4 aromatic rings. The molecule has 1 fully saturated rings. The summed E-state index contributed by atoms with van der Waals surface area (Å²) in [4.78, 5) is 6.75. The minimum absolute atomic E-state index is 0.122. The molecule has 1 saturated heterocycles. The molecular weight excluding hydrogens is 443 g/mol. The van der Waals surface area contributed by atoms with Gasteiger partial charge >= 0.3 is 0 Å². The van der Waals surface area contributed by atoms with Crippen molar-refractivity contribution in [3.63, 3.8) is 0 Å². The number of hydrogen-bond donors (Lipinski definition) is 1. The van der Waals surface area contributed by atoms with E-state index in [1.807, 2.05) is 30.3 Å². The number of pyridine rings is 1. The first-order valence-corrected chi connectivity index (χ1v) is 11.8. The fraction of sp³-hybridized carbons (Fsp3) is 0.214. The average molecular weight is 471 g/mol. The predicted molar refractivity (Wildman–Crippen MR) is 139 cm³/mol. The number of aryl methyl sites for hydroxylation is 2. The first-order chi connectivity index (χ1) is 16.4. The number of aromatic nitrogens is 2. The van der Waals surface area contributed by atoms with Crippen LogP contribution in [0, 0.1) is 26.6 Å². The second-order valence-electron chi connectivity index (χ2n) is 8.83. The highest BCUT2D eigenvalue weighted by atomic mass is 32.1. The molecule has 0 saturated carbocycles. The summed E-state index contributed by atoms with van der Waals surface area (Å²) in [6.45, 7) is 6.88. The molecule has 0 bridgehead atoms. The molecule has 5 rings (SSSR count). The molecule has 1 N–H and O–H groups in total. The van der Waals surface area contributed by atoms with Crippen molar-refractivity contribution in [1.29, 1.82) is 0 Å². The SMILES string of the molecule is Cc1cc(N2C(=S)N[C@H](c3ccccn3)[C@H]2c2cc(C)n(Cc3ccccc3)c2C)ccc1F. The van der Waals surface area contributed by atoms with Crippen LogP contribution in [0.25, 0.3) is 0 Å². The number of hydrogen-bond acceptors (Lipinski definition) is 2. The zero-order valence-corrected chi connectivity index (χ0v) is 20.3. The van der Waals surface area contributed by atoms with E-state index in [0.717, 1.165) is 17.9 Å². The summed E-state index contributed by atoms with van der Waals surface area (Å²) in [6.07, 6.45) is 1.81. The van der Waals surface area contributed by atoms with Gasteiger partial charge in [-0.3, -0.25) is 4.98 Å². The summed E-state index contributed by atoms with van der Waals surface area (Å²) < 4.78 is 16.4. The molecule has 0 aliphatic carbocycles. The highest BCUT2D eigenvalue weighted by Gasteiger charge is 2.42. The molecule has 1 aliphatic heterocycles. The Balaban J connectivity index is 1.63. The van der Waals surface area contributed by atoms with Crippen LogP contribution in [0.1, 0.15) is 45.9 Å². The fourth-order valence-corrected chi connectivity index (χ4v) is 5.21. The van der Waals surface area contributed by atoms with Crippen LogP contribution in [0.2, 0.25) is 0 Å². The van der Waals surface area contributed by atoms with Crippen LogP contribution >= 0.6 is 12.2 Å². The van der Waals surface area contributed by atoms with E-state index in [1.165, 1.54) is 28.6 Å². The summed E-state index contributed by atoms with van der Waals surface area (Å²) in [7, 11) is 0. The van der Waals surface area contributed by atoms with Crippen molar-refractivity contribution in [2.24, 2.45) is 0 Å². The van der Waals surface area contributed by atoms with Crippen molar-refractivity contribution in [3.8, 4) is 0 Å². The van der Waals surface area contributed by atoms with E-state index in [0.29, 0.717) is 10.7 Å². The maximum absolute atomic E-state index is 14.1. The van der Waals surface area contributed by atoms with Gasteiger partial charge in [0.05, 0.1) is 17.8 Å². The Morgan fingerprint density at radius 3 is 2.44 bits per heavy atom. The van der Waals surface area contributed by atoms with Crippen LogP contribution in [-0.2, 0) is 6.54 Å². The lowest BCUT2D eigenvalue weighted by molar-refractivity contribution is 0.563. The Hall–Kier alpha value is -3.51. The van der Waals surface area contributed by atoms with Crippen molar-refractivity contribution in [2.75, 3.05) is 4.90 Å². The molecule has 34 heavy (non-hydrogen) atoms. The van der Waals surface area contributed by atoms with E-state index in [2.05, 4.69) is 63.9 Å². The molecule has 2 atom stereocenters. The first kappa shape index (κ1) is 22.3. The molecule has 0 spiro atoms. The number of nitrogens with one attached hydrogen (secondary N) is 1. The monoisotopic (exact) mass is 470 g/mol. The van der Waals surface area contributed by atoms with Crippen LogP contribution < -0.4 is 10.2 Å². The normalized spacial score (nSPS) is 17.8. The molecule has 4 nitrogen and oxygen atoms in total. The van der Waals surface area contributed by atoms with Gasteiger partial charge in [-0.15, -0.1) is 0 Å². The summed E-state index contributed by atoms with van der Waals surface area (Å²) in [5, 5.41) is 4.11. The average Bonchev–Trinajstić information content (AvgIpc) is 3.33. The van der Waals surface area contributed by atoms with Crippen molar-refractivity contribution < 1.29 is 4.39 Å². The summed E-state index contributed by atoms with van der Waals surface area (Å²) >= 11 is 5.83. The third kappa shape index (κ3) is 3.99. The number of anilines is 1. The topological polar surface area (TPSA) is 33.1 Å². The highest BCUT2D eigenvalue weighted by Crippen LogP contribution is 2.43. The van der Waals surface area contributed by atoms with E-state index < -0.39 is 0 Å². The smallest absolute Gasteiger partial charge is 0.174 e. The van der Waals surface area contributed by atoms with Gasteiger partial charge in [-0.25, -0.2) is 4.39 Å². The molecule has 2 aromatic heterocycles. The number of benzene rings is 2. The molecule has 2 aromatic carbocycles. The molecule has 3 heterocycles. The Morgan fingerprint density at radius 2 is 1.74 bits per heavy atom. The van der Waals surface area contributed by atoms with Crippen LogP contribution in [0.3, 0.4) is 0 Å². The van der Waals surface area contributed by atoms with Gasteiger partial charge in [-0.05, 0) is 86.1 Å². The lowest BCUT2D eigenvalue weighted by atomic mass is 9.96. The van der Waals surface area contributed by atoms with Gasteiger partial charge in [0.15, 0.2) is 5.11 Å². The second-order valence-corrected chi connectivity index (χ2v) is 9.22. The van der Waals surface area contributed by atoms with Gasteiger partial charge in [0.2, 0.25) is 0 Å². The third-order valence-electron chi connectivity index (χ3n) is 6.63. The molecule has 0 amide bonds. The van der Waals surface area contributed by atoms with Crippen LogP contribution in [-0.4, -0.2) is 14.7 Å². The second kappa shape index (κ2) is 9.03. The van der Waals surface area contributed by atoms with E-state index in [1.54, 1.807) is 19.2 Å². The lowest BCUT2D eigenvalue weighted by Gasteiger charge is -2.28. The quantitative estimate of drug-likeness (QED) is 0.354. The Kier molecular flexibility index (Phi) is 5.92. The van der Waals surface area contributed by atoms with Gasteiger partial charge in [0.1, 0.15) is 5.82 Å². The van der Waals surface area contributed by atoms with Crippen molar-refractivity contribution in [1.82, 2.24) is 14.9 Å². The number of rotatable bonds is 5. The summed E-state index contributed by atoms with van der Waals surface area (Å²) in [5.74, 6) is -0.222. The highest BCUT2D eigenvalue weighted by molar-refractivity contribution is 7.80. The van der Waals surface area contributed by atoms with Crippen LogP contribution in [0.15, 0.2) is 79.0 Å². The molecule has 172 valence electrons. The molecule has 1 aliphatic rings. The minimum atomic E-state index is -0.222. The number of thiocarbonyl (C=S) groups is 1. The maximum atomic E-state index is 14.1. The Labute approximate surface area is 205 Å². The van der Waals surface area contributed by atoms with E-state index >= 15 is 0 Å². The lowest BCUT2D eigenvalue weighted by Crippen LogP contribution is -2.29. The van der Waals surface area contributed by atoms with E-state index in [4.69, 9.17) is 12.2 Å². The maximum Gasteiger partial charge on any atom is 0.174 e. The Morgan fingerprint density at radius 1 is 0.971 bits per heavy atom. The van der Waals surface area contributed by atoms with Gasteiger partial charge in [-0.1, -0.05) is 36.4 Å². The number of halogens is 1. The van der Waals surface area contributed by atoms with Gasteiger partial charge in [0.25, 0.3) is 0 Å². The largest absolute Gasteiger partial charge is 0.351 e. The zero-order chi connectivity index (χ0) is 23.8. The standard InChI is InChI=1S/C28H27FN4S/c1-18-15-22(12-13-24(18)29)33-27(26(31-28(33)34)25-11-7-8-14-30-25)23-16-19(2)32(20(23)3)17-21-9-5-4-6-10-21/h4-16,26-27H,17H2,1-3H3,(H,31,34)/t26-,27-/m1/s1. The van der Waals surface area contributed by atoms with Crippen molar-refractivity contribution >= 4 is 23.0 Å². The summed E-state index contributed by atoms with van der Waals surface area (Å²) in [5.41, 5.74) is 7.18. The molecule has 0 radical (unpaired) electrons.